The van der Waals surface area contributed by atoms with E-state index in [1.807, 2.05) is 59.1 Å². The molecule has 0 saturated carbocycles. The number of unbranched alkanes of at least 4 members (excludes halogenated alkanes) is 1. The molecule has 2 rings (SSSR count). The van der Waals surface area contributed by atoms with Gasteiger partial charge in [0.1, 0.15) is 6.54 Å². The largest absolute Gasteiger partial charge is 0.353 e. The number of hydrogen-bond acceptors (Lipinski definition) is 2. The van der Waals surface area contributed by atoms with Crippen LogP contribution in [0.3, 0.4) is 0 Å². The van der Waals surface area contributed by atoms with Crippen LogP contribution in [-0.2, 0) is 24.8 Å². The summed E-state index contributed by atoms with van der Waals surface area (Å²) in [5.74, 6) is 0.322. The molecule has 1 aromatic heterocycles. The number of rotatable bonds is 11. The first-order chi connectivity index (χ1) is 14.8. The minimum absolute atomic E-state index is 0.0246. The standard InChI is InChI=1S/C25H38N4O2/c1-6-8-15-28(25(31)26-22-12-9-11-21(7-2)16-22)19-24(30)29(17-20(3)4)18-23-13-10-14-27(23)5/h9-14,16,20H,6-8,15,17-19H2,1-5H3,(H,26,31). The molecule has 0 atom stereocenters. The van der Waals surface area contributed by atoms with Crippen LogP contribution >= 0.6 is 0 Å². The van der Waals surface area contributed by atoms with Crippen molar-refractivity contribution in [3.05, 3.63) is 53.9 Å². The van der Waals surface area contributed by atoms with Crippen LogP contribution in [0.5, 0.6) is 0 Å². The first kappa shape index (κ1) is 24.5. The van der Waals surface area contributed by atoms with E-state index in [9.17, 15) is 9.59 Å². The molecule has 6 heteroatoms. The Morgan fingerprint density at radius 1 is 1.10 bits per heavy atom. The number of nitrogens with zero attached hydrogens (tertiary/aromatic N) is 3. The highest BCUT2D eigenvalue weighted by Gasteiger charge is 2.22. The molecule has 2 aromatic rings. The summed E-state index contributed by atoms with van der Waals surface area (Å²) in [5.41, 5.74) is 3.01. The van der Waals surface area contributed by atoms with Crippen molar-refractivity contribution in [3.8, 4) is 0 Å². The number of hydrogen-bond donors (Lipinski definition) is 1. The molecular weight excluding hydrogens is 388 g/mol. The van der Waals surface area contributed by atoms with E-state index in [4.69, 9.17) is 0 Å². The van der Waals surface area contributed by atoms with Gasteiger partial charge in [0.05, 0.1) is 6.54 Å². The Hall–Kier alpha value is -2.76. The number of anilines is 1. The van der Waals surface area contributed by atoms with Gasteiger partial charge in [-0.25, -0.2) is 4.79 Å². The summed E-state index contributed by atoms with van der Waals surface area (Å²) in [4.78, 5) is 29.8. The zero-order chi connectivity index (χ0) is 22.8. The summed E-state index contributed by atoms with van der Waals surface area (Å²) < 4.78 is 2.03. The summed E-state index contributed by atoms with van der Waals surface area (Å²) >= 11 is 0. The molecule has 0 aliphatic carbocycles. The summed E-state index contributed by atoms with van der Waals surface area (Å²) in [7, 11) is 1.98. The van der Waals surface area contributed by atoms with Gasteiger partial charge in [-0.1, -0.05) is 46.2 Å². The molecule has 0 unspecified atom stereocenters. The van der Waals surface area contributed by atoms with Gasteiger partial charge in [-0.15, -0.1) is 0 Å². The summed E-state index contributed by atoms with van der Waals surface area (Å²) in [6.07, 6.45) is 4.71. The van der Waals surface area contributed by atoms with E-state index in [0.29, 0.717) is 25.6 Å². The Kier molecular flexibility index (Phi) is 9.63. The van der Waals surface area contributed by atoms with Crippen LogP contribution in [0.1, 0.15) is 51.8 Å². The number of urea groups is 1. The fourth-order valence-corrected chi connectivity index (χ4v) is 3.49. The monoisotopic (exact) mass is 426 g/mol. The topological polar surface area (TPSA) is 57.6 Å². The van der Waals surface area contributed by atoms with Crippen LogP contribution in [0.15, 0.2) is 42.6 Å². The number of aryl methyl sites for hydroxylation is 2. The molecule has 0 saturated heterocycles. The summed E-state index contributed by atoms with van der Waals surface area (Å²) in [6, 6.07) is 11.7. The number of benzene rings is 1. The number of nitrogens with one attached hydrogen (secondary N) is 1. The molecule has 1 N–H and O–H groups in total. The lowest BCUT2D eigenvalue weighted by molar-refractivity contribution is -0.133. The highest BCUT2D eigenvalue weighted by molar-refractivity contribution is 5.92. The maximum atomic E-state index is 13.2. The van der Waals surface area contributed by atoms with Crippen molar-refractivity contribution in [2.75, 3.05) is 25.0 Å². The van der Waals surface area contributed by atoms with E-state index >= 15 is 0 Å². The Labute approximate surface area is 187 Å². The van der Waals surface area contributed by atoms with Crippen LogP contribution in [0, 0.1) is 5.92 Å². The molecule has 1 aromatic carbocycles. The van der Waals surface area contributed by atoms with E-state index in [2.05, 4.69) is 33.0 Å². The normalized spacial score (nSPS) is 10.9. The number of amides is 3. The van der Waals surface area contributed by atoms with Crippen LogP contribution in [0.2, 0.25) is 0 Å². The summed E-state index contributed by atoms with van der Waals surface area (Å²) in [6.45, 7) is 10.2. The Morgan fingerprint density at radius 3 is 2.48 bits per heavy atom. The fourth-order valence-electron chi connectivity index (χ4n) is 3.49. The smallest absolute Gasteiger partial charge is 0.322 e. The van der Waals surface area contributed by atoms with Crippen LogP contribution in [0.25, 0.3) is 0 Å². The van der Waals surface area contributed by atoms with Gasteiger partial charge in [0.25, 0.3) is 0 Å². The third kappa shape index (κ3) is 7.78. The minimum atomic E-state index is -0.224. The lowest BCUT2D eigenvalue weighted by Crippen LogP contribution is -2.45. The average Bonchev–Trinajstić information content (AvgIpc) is 3.14. The van der Waals surface area contributed by atoms with Crippen molar-refractivity contribution in [3.63, 3.8) is 0 Å². The van der Waals surface area contributed by atoms with Gasteiger partial charge in [-0.3, -0.25) is 4.79 Å². The Bertz CT molecular complexity index is 844. The van der Waals surface area contributed by atoms with Gasteiger partial charge < -0.3 is 19.7 Å². The Balaban J connectivity index is 2.12. The van der Waals surface area contributed by atoms with E-state index in [1.54, 1.807) is 4.90 Å². The Morgan fingerprint density at radius 2 is 1.87 bits per heavy atom. The molecule has 0 spiro atoms. The predicted octanol–water partition coefficient (Wildman–Crippen LogP) is 4.91. The van der Waals surface area contributed by atoms with E-state index < -0.39 is 0 Å². The highest BCUT2D eigenvalue weighted by atomic mass is 16.2. The van der Waals surface area contributed by atoms with Crippen molar-refractivity contribution in [1.29, 1.82) is 0 Å². The lowest BCUT2D eigenvalue weighted by atomic mass is 10.1. The minimum Gasteiger partial charge on any atom is -0.353 e. The van der Waals surface area contributed by atoms with Gasteiger partial charge in [0.15, 0.2) is 0 Å². The first-order valence-electron chi connectivity index (χ1n) is 11.4. The molecule has 170 valence electrons. The SMILES string of the molecule is CCCCN(CC(=O)N(Cc1cccn1C)CC(C)C)C(=O)Nc1cccc(CC)c1. The van der Waals surface area contributed by atoms with Gasteiger partial charge >= 0.3 is 6.03 Å². The first-order valence-corrected chi connectivity index (χ1v) is 11.4. The van der Waals surface area contributed by atoms with Crippen molar-refractivity contribution < 1.29 is 9.59 Å². The maximum absolute atomic E-state index is 13.2. The van der Waals surface area contributed by atoms with Gasteiger partial charge in [0, 0.05) is 37.7 Å². The second-order valence-electron chi connectivity index (χ2n) is 8.54. The molecule has 0 bridgehead atoms. The second kappa shape index (κ2) is 12.2. The third-order valence-electron chi connectivity index (χ3n) is 5.32. The zero-order valence-electron chi connectivity index (χ0n) is 19.7. The van der Waals surface area contributed by atoms with Gasteiger partial charge in [-0.2, -0.15) is 0 Å². The van der Waals surface area contributed by atoms with Crippen molar-refractivity contribution in [2.45, 2.75) is 53.5 Å². The number of aromatic nitrogens is 1. The van der Waals surface area contributed by atoms with Crippen LogP contribution in [-0.4, -0.2) is 45.9 Å². The highest BCUT2D eigenvalue weighted by Crippen LogP contribution is 2.14. The molecule has 0 fully saturated rings. The molecule has 0 radical (unpaired) electrons. The van der Waals surface area contributed by atoms with Crippen LogP contribution < -0.4 is 5.32 Å². The van der Waals surface area contributed by atoms with E-state index in [1.165, 1.54) is 5.56 Å². The predicted molar refractivity (Wildman–Crippen MR) is 127 cm³/mol. The summed E-state index contributed by atoms with van der Waals surface area (Å²) in [5, 5.41) is 2.98. The number of carbonyl (C=O) groups excluding carboxylic acids is 2. The van der Waals surface area contributed by atoms with Crippen molar-refractivity contribution in [2.24, 2.45) is 13.0 Å². The van der Waals surface area contributed by atoms with Gasteiger partial charge in [-0.05, 0) is 48.6 Å². The average molecular weight is 427 g/mol. The zero-order valence-corrected chi connectivity index (χ0v) is 19.7. The second-order valence-corrected chi connectivity index (χ2v) is 8.54. The molecule has 1 heterocycles. The molecule has 0 aliphatic rings. The maximum Gasteiger partial charge on any atom is 0.322 e. The molecule has 3 amide bonds. The quantitative estimate of drug-likeness (QED) is 0.555. The molecule has 6 nitrogen and oxygen atoms in total. The van der Waals surface area contributed by atoms with Crippen molar-refractivity contribution in [1.82, 2.24) is 14.4 Å². The number of carbonyl (C=O) groups is 2. The fraction of sp³-hybridized carbons (Fsp3) is 0.520. The van der Waals surface area contributed by atoms with E-state index in [-0.39, 0.29) is 18.5 Å². The third-order valence-corrected chi connectivity index (χ3v) is 5.32. The molecule has 0 aliphatic heterocycles. The molecule has 31 heavy (non-hydrogen) atoms. The van der Waals surface area contributed by atoms with Crippen molar-refractivity contribution >= 4 is 17.6 Å². The lowest BCUT2D eigenvalue weighted by Gasteiger charge is -2.29. The van der Waals surface area contributed by atoms with Gasteiger partial charge in [0.2, 0.25) is 5.91 Å². The molecular formula is C25H38N4O2. The van der Waals surface area contributed by atoms with Crippen LogP contribution in [0.4, 0.5) is 10.5 Å². The van der Waals surface area contributed by atoms with E-state index in [0.717, 1.165) is 30.6 Å².